The second-order valence-electron chi connectivity index (χ2n) is 7.63. The molecule has 8 heteroatoms. The summed E-state index contributed by atoms with van der Waals surface area (Å²) in [6, 6.07) is 9.37. The Morgan fingerprint density at radius 1 is 1.21 bits per heavy atom. The third-order valence-corrected chi connectivity index (χ3v) is 5.33. The van der Waals surface area contributed by atoms with Crippen LogP contribution in [0.2, 0.25) is 0 Å². The van der Waals surface area contributed by atoms with Gasteiger partial charge in [-0.2, -0.15) is 5.10 Å². The van der Waals surface area contributed by atoms with Crippen LogP contribution in [0.25, 0.3) is 0 Å². The number of nitrogens with one attached hydrogen (secondary N) is 2. The van der Waals surface area contributed by atoms with Crippen LogP contribution in [0.4, 0.5) is 0 Å². The molecule has 154 valence electrons. The van der Waals surface area contributed by atoms with Crippen molar-refractivity contribution < 1.29 is 14.4 Å². The Hall–Kier alpha value is -3.16. The first-order valence-corrected chi connectivity index (χ1v) is 9.74. The van der Waals surface area contributed by atoms with Crippen LogP contribution >= 0.6 is 0 Å². The van der Waals surface area contributed by atoms with Crippen molar-refractivity contribution >= 4 is 17.7 Å². The van der Waals surface area contributed by atoms with E-state index in [2.05, 4.69) is 15.7 Å². The second kappa shape index (κ2) is 8.06. The zero-order valence-electron chi connectivity index (χ0n) is 17.3. The molecule has 0 saturated heterocycles. The maximum Gasteiger partial charge on any atom is 0.272 e. The molecule has 2 heterocycles. The fourth-order valence-electron chi connectivity index (χ4n) is 3.25. The normalized spacial score (nSPS) is 18.3. The molecular formula is C21H27N5O3. The number of hydrogen-bond acceptors (Lipinski definition) is 4. The molecule has 3 rings (SSSR count). The highest BCUT2D eigenvalue weighted by atomic mass is 16.2. The van der Waals surface area contributed by atoms with E-state index in [-0.39, 0.29) is 30.0 Å². The van der Waals surface area contributed by atoms with Crippen molar-refractivity contribution in [3.63, 3.8) is 0 Å². The lowest BCUT2D eigenvalue weighted by molar-refractivity contribution is -0.132. The number of fused-ring (bicyclic) bond motifs is 1. The van der Waals surface area contributed by atoms with E-state index in [4.69, 9.17) is 0 Å². The quantitative estimate of drug-likeness (QED) is 0.772. The summed E-state index contributed by atoms with van der Waals surface area (Å²) in [5.41, 5.74) is 1.50. The van der Waals surface area contributed by atoms with Crippen molar-refractivity contribution in [1.29, 1.82) is 0 Å². The Morgan fingerprint density at radius 2 is 1.90 bits per heavy atom. The van der Waals surface area contributed by atoms with Crippen molar-refractivity contribution in [1.82, 2.24) is 25.3 Å². The predicted molar refractivity (Wildman–Crippen MR) is 108 cm³/mol. The first kappa shape index (κ1) is 20.6. The third kappa shape index (κ3) is 4.01. The van der Waals surface area contributed by atoms with E-state index in [0.717, 1.165) is 17.5 Å². The number of nitrogens with zero attached hydrogens (tertiary/aromatic N) is 3. The van der Waals surface area contributed by atoms with E-state index in [0.29, 0.717) is 18.8 Å². The molecule has 0 saturated carbocycles. The van der Waals surface area contributed by atoms with Gasteiger partial charge in [-0.15, -0.1) is 0 Å². The van der Waals surface area contributed by atoms with Crippen molar-refractivity contribution in [2.75, 3.05) is 13.6 Å². The molecule has 29 heavy (non-hydrogen) atoms. The molecule has 1 aromatic heterocycles. The highest BCUT2D eigenvalue weighted by Crippen LogP contribution is 2.26. The number of aryl methyl sites for hydroxylation is 1. The predicted octanol–water partition coefficient (Wildman–Crippen LogP) is 1.49. The van der Waals surface area contributed by atoms with Gasteiger partial charge in [0.15, 0.2) is 5.69 Å². The zero-order chi connectivity index (χ0) is 21.2. The van der Waals surface area contributed by atoms with E-state index in [1.807, 2.05) is 38.1 Å². The van der Waals surface area contributed by atoms with Crippen molar-refractivity contribution in [2.45, 2.75) is 45.8 Å². The van der Waals surface area contributed by atoms with Gasteiger partial charge in [0.05, 0.1) is 6.54 Å². The molecule has 2 N–H and O–H groups in total. The van der Waals surface area contributed by atoms with Gasteiger partial charge in [0, 0.05) is 26.2 Å². The largest absolute Gasteiger partial charge is 0.351 e. The van der Waals surface area contributed by atoms with Crippen LogP contribution in [0.5, 0.6) is 0 Å². The van der Waals surface area contributed by atoms with E-state index in [1.165, 1.54) is 15.6 Å². The molecule has 0 fully saturated rings. The van der Waals surface area contributed by atoms with Gasteiger partial charge in [-0.1, -0.05) is 36.8 Å². The van der Waals surface area contributed by atoms with E-state index in [9.17, 15) is 14.4 Å². The number of rotatable bonds is 6. The Kier molecular flexibility index (Phi) is 5.72. The average Bonchev–Trinajstić information content (AvgIpc) is 3.13. The molecule has 1 atom stereocenters. The summed E-state index contributed by atoms with van der Waals surface area (Å²) >= 11 is 0. The van der Waals surface area contributed by atoms with Crippen LogP contribution in [0.1, 0.15) is 52.4 Å². The summed E-state index contributed by atoms with van der Waals surface area (Å²) in [4.78, 5) is 39.5. The SMILES string of the molecule is CCCNC(=O)c1cc2n(n1)C[C@](C)(C(=O)NCc1ccc(C)cc1)N(C)C2=O. The van der Waals surface area contributed by atoms with Gasteiger partial charge in [-0.3, -0.25) is 19.1 Å². The smallest absolute Gasteiger partial charge is 0.272 e. The van der Waals surface area contributed by atoms with Crippen LogP contribution in [-0.4, -0.2) is 51.5 Å². The van der Waals surface area contributed by atoms with Gasteiger partial charge in [-0.05, 0) is 25.8 Å². The first-order chi connectivity index (χ1) is 13.8. The maximum absolute atomic E-state index is 13.0. The van der Waals surface area contributed by atoms with Gasteiger partial charge < -0.3 is 15.5 Å². The molecule has 2 aromatic rings. The van der Waals surface area contributed by atoms with Crippen LogP contribution in [0, 0.1) is 6.92 Å². The van der Waals surface area contributed by atoms with Crippen LogP contribution in [0.3, 0.4) is 0 Å². The standard InChI is InChI=1S/C21H27N5O3/c1-5-10-22-18(27)16-11-17-19(28)25(4)21(3,13-26(17)24-16)20(29)23-12-15-8-6-14(2)7-9-15/h6-9,11H,5,10,12-13H2,1-4H3,(H,22,27)(H,23,29)/t21-/m1/s1. The summed E-state index contributed by atoms with van der Waals surface area (Å²) in [5.74, 6) is -0.937. The van der Waals surface area contributed by atoms with Gasteiger partial charge >= 0.3 is 0 Å². The molecule has 1 aliphatic rings. The highest BCUT2D eigenvalue weighted by Gasteiger charge is 2.46. The number of amides is 3. The minimum absolute atomic E-state index is 0.172. The van der Waals surface area contributed by atoms with Gasteiger partial charge in [-0.25, -0.2) is 0 Å². The summed E-state index contributed by atoms with van der Waals surface area (Å²) in [7, 11) is 1.60. The summed E-state index contributed by atoms with van der Waals surface area (Å²) in [6.45, 7) is 6.74. The minimum atomic E-state index is -1.11. The number of aromatic nitrogens is 2. The first-order valence-electron chi connectivity index (χ1n) is 9.74. The molecule has 0 aliphatic carbocycles. The number of carbonyl (C=O) groups excluding carboxylic acids is 3. The summed E-state index contributed by atoms with van der Waals surface area (Å²) in [5, 5.41) is 9.94. The Labute approximate surface area is 170 Å². The lowest BCUT2D eigenvalue weighted by atomic mass is 9.95. The maximum atomic E-state index is 13.0. The van der Waals surface area contributed by atoms with Crippen molar-refractivity contribution in [2.24, 2.45) is 0 Å². The lowest BCUT2D eigenvalue weighted by Crippen LogP contribution is -2.62. The number of carbonyl (C=O) groups is 3. The van der Waals surface area contributed by atoms with Gasteiger partial charge in [0.1, 0.15) is 11.2 Å². The Morgan fingerprint density at radius 3 is 2.55 bits per heavy atom. The second-order valence-corrected chi connectivity index (χ2v) is 7.63. The van der Waals surface area contributed by atoms with Crippen molar-refractivity contribution in [3.8, 4) is 0 Å². The lowest BCUT2D eigenvalue weighted by Gasteiger charge is -2.40. The van der Waals surface area contributed by atoms with E-state index < -0.39 is 5.54 Å². The van der Waals surface area contributed by atoms with Crippen molar-refractivity contribution in [3.05, 3.63) is 52.8 Å². The molecular weight excluding hydrogens is 370 g/mol. The van der Waals surface area contributed by atoms with E-state index in [1.54, 1.807) is 14.0 Å². The molecule has 1 aliphatic heterocycles. The minimum Gasteiger partial charge on any atom is -0.351 e. The highest BCUT2D eigenvalue weighted by molar-refractivity contribution is 6.01. The van der Waals surface area contributed by atoms with Crippen LogP contribution in [-0.2, 0) is 17.9 Å². The van der Waals surface area contributed by atoms with Crippen LogP contribution in [0.15, 0.2) is 30.3 Å². The van der Waals surface area contributed by atoms with E-state index >= 15 is 0 Å². The molecule has 0 spiro atoms. The number of likely N-dealkylation sites (N-methyl/N-ethyl adjacent to an activating group) is 1. The fraction of sp³-hybridized carbons (Fsp3) is 0.429. The summed E-state index contributed by atoms with van der Waals surface area (Å²) < 4.78 is 1.45. The molecule has 3 amide bonds. The number of benzene rings is 1. The summed E-state index contributed by atoms with van der Waals surface area (Å²) in [6.07, 6.45) is 0.806. The van der Waals surface area contributed by atoms with Crippen LogP contribution < -0.4 is 10.6 Å². The fourth-order valence-corrected chi connectivity index (χ4v) is 3.25. The molecule has 0 bridgehead atoms. The molecule has 0 radical (unpaired) electrons. The molecule has 8 nitrogen and oxygen atoms in total. The average molecular weight is 397 g/mol. The third-order valence-electron chi connectivity index (χ3n) is 5.33. The van der Waals surface area contributed by atoms with Gasteiger partial charge in [0.2, 0.25) is 5.91 Å². The molecule has 0 unspecified atom stereocenters. The Bertz CT molecular complexity index is 934. The monoisotopic (exact) mass is 397 g/mol. The zero-order valence-corrected chi connectivity index (χ0v) is 17.3. The topological polar surface area (TPSA) is 96.3 Å². The number of hydrogen-bond donors (Lipinski definition) is 2. The Balaban J connectivity index is 1.77. The van der Waals surface area contributed by atoms with Gasteiger partial charge in [0.25, 0.3) is 11.8 Å². The molecule has 1 aromatic carbocycles.